The first-order valence-electron chi connectivity index (χ1n) is 6.14. The van der Waals surface area contributed by atoms with Crippen LogP contribution in [0.2, 0.25) is 0 Å². The molecule has 1 aromatic carbocycles. The van der Waals surface area contributed by atoms with Crippen LogP contribution >= 0.6 is 0 Å². The Kier molecular flexibility index (Phi) is 4.07. The van der Waals surface area contributed by atoms with E-state index in [4.69, 9.17) is 5.84 Å². The van der Waals surface area contributed by atoms with Gasteiger partial charge in [0.25, 0.3) is 0 Å². The third-order valence-electron chi connectivity index (χ3n) is 3.22. The Bertz CT molecular complexity index is 505. The van der Waals surface area contributed by atoms with Crippen LogP contribution in [0.3, 0.4) is 0 Å². The van der Waals surface area contributed by atoms with Crippen molar-refractivity contribution in [2.24, 2.45) is 5.84 Å². The summed E-state index contributed by atoms with van der Waals surface area (Å²) in [5.41, 5.74) is 7.61. The van der Waals surface area contributed by atoms with Crippen LogP contribution in [0.15, 0.2) is 42.6 Å². The Labute approximate surface area is 108 Å². The van der Waals surface area contributed by atoms with Gasteiger partial charge in [-0.3, -0.25) is 16.3 Å². The van der Waals surface area contributed by atoms with Gasteiger partial charge in [-0.1, -0.05) is 30.3 Å². The fraction of sp³-hybridized carbons (Fsp3) is 0.267. The molecule has 18 heavy (non-hydrogen) atoms. The van der Waals surface area contributed by atoms with Gasteiger partial charge in [0.05, 0.1) is 6.04 Å². The Balaban J connectivity index is 2.20. The number of nitrogens with one attached hydrogen (secondary N) is 1. The molecule has 0 saturated heterocycles. The van der Waals surface area contributed by atoms with Gasteiger partial charge >= 0.3 is 0 Å². The van der Waals surface area contributed by atoms with E-state index in [0.29, 0.717) is 0 Å². The first kappa shape index (κ1) is 12.7. The number of nitrogens with two attached hydrogens (primary N) is 1. The predicted octanol–water partition coefficient (Wildman–Crippen LogP) is 2.45. The van der Waals surface area contributed by atoms with E-state index in [1.807, 2.05) is 19.2 Å². The number of hydrogen-bond acceptors (Lipinski definition) is 3. The van der Waals surface area contributed by atoms with Crippen LogP contribution < -0.4 is 11.3 Å². The standard InChI is InChI=1S/C15H19N3/c1-11-5-3-4-6-13(11)9-15(18-16)14-8-7-12(2)17-10-14/h3-8,10,15,18H,9,16H2,1-2H3. The van der Waals surface area contributed by atoms with Gasteiger partial charge in [-0.05, 0) is 43.0 Å². The lowest BCUT2D eigenvalue weighted by Gasteiger charge is -2.17. The van der Waals surface area contributed by atoms with Crippen molar-refractivity contribution in [2.75, 3.05) is 0 Å². The van der Waals surface area contributed by atoms with E-state index in [2.05, 4.69) is 47.7 Å². The van der Waals surface area contributed by atoms with E-state index in [9.17, 15) is 0 Å². The maximum absolute atomic E-state index is 5.66. The number of hydrazine groups is 1. The van der Waals surface area contributed by atoms with E-state index in [-0.39, 0.29) is 6.04 Å². The maximum Gasteiger partial charge on any atom is 0.0515 e. The summed E-state index contributed by atoms with van der Waals surface area (Å²) < 4.78 is 0. The van der Waals surface area contributed by atoms with Crippen LogP contribution in [0.1, 0.15) is 28.4 Å². The number of rotatable bonds is 4. The zero-order valence-corrected chi connectivity index (χ0v) is 10.9. The fourth-order valence-electron chi connectivity index (χ4n) is 2.02. The van der Waals surface area contributed by atoms with Crippen LogP contribution in [0.25, 0.3) is 0 Å². The van der Waals surface area contributed by atoms with Crippen molar-refractivity contribution in [1.29, 1.82) is 0 Å². The number of benzene rings is 1. The number of hydrogen-bond donors (Lipinski definition) is 2. The molecule has 0 radical (unpaired) electrons. The number of nitrogens with zero attached hydrogens (tertiary/aromatic N) is 1. The maximum atomic E-state index is 5.66. The van der Waals surface area contributed by atoms with Gasteiger partial charge in [0.15, 0.2) is 0 Å². The van der Waals surface area contributed by atoms with Gasteiger partial charge in [0.2, 0.25) is 0 Å². The Morgan fingerprint density at radius 1 is 1.17 bits per heavy atom. The summed E-state index contributed by atoms with van der Waals surface area (Å²) >= 11 is 0. The summed E-state index contributed by atoms with van der Waals surface area (Å²) in [6.45, 7) is 4.10. The number of aromatic nitrogens is 1. The third kappa shape index (κ3) is 2.94. The lowest BCUT2D eigenvalue weighted by atomic mass is 9.97. The van der Waals surface area contributed by atoms with Crippen molar-refractivity contribution in [1.82, 2.24) is 10.4 Å². The highest BCUT2D eigenvalue weighted by Gasteiger charge is 2.11. The van der Waals surface area contributed by atoms with Gasteiger partial charge in [-0.2, -0.15) is 0 Å². The van der Waals surface area contributed by atoms with E-state index in [1.165, 1.54) is 11.1 Å². The Hall–Kier alpha value is -1.71. The van der Waals surface area contributed by atoms with E-state index in [0.717, 1.165) is 17.7 Å². The second-order valence-corrected chi connectivity index (χ2v) is 4.58. The SMILES string of the molecule is Cc1ccc(C(Cc2ccccc2C)NN)cn1. The summed E-state index contributed by atoms with van der Waals surface area (Å²) in [5, 5.41) is 0. The van der Waals surface area contributed by atoms with Crippen molar-refractivity contribution in [3.8, 4) is 0 Å². The van der Waals surface area contributed by atoms with Crippen LogP contribution in [0.4, 0.5) is 0 Å². The summed E-state index contributed by atoms with van der Waals surface area (Å²) in [7, 11) is 0. The van der Waals surface area contributed by atoms with Gasteiger partial charge in [-0.15, -0.1) is 0 Å². The highest BCUT2D eigenvalue weighted by Crippen LogP contribution is 2.19. The summed E-state index contributed by atoms with van der Waals surface area (Å²) in [5.74, 6) is 5.66. The summed E-state index contributed by atoms with van der Waals surface area (Å²) in [4.78, 5) is 4.32. The van der Waals surface area contributed by atoms with Crippen LogP contribution in [-0.4, -0.2) is 4.98 Å². The first-order chi connectivity index (χ1) is 8.70. The van der Waals surface area contributed by atoms with Gasteiger partial charge in [0, 0.05) is 11.9 Å². The largest absolute Gasteiger partial charge is 0.271 e. The topological polar surface area (TPSA) is 50.9 Å². The van der Waals surface area contributed by atoms with Crippen molar-refractivity contribution >= 4 is 0 Å². The Morgan fingerprint density at radius 2 is 1.94 bits per heavy atom. The van der Waals surface area contributed by atoms with E-state index in [1.54, 1.807) is 0 Å². The Morgan fingerprint density at radius 3 is 2.56 bits per heavy atom. The quantitative estimate of drug-likeness (QED) is 0.638. The zero-order chi connectivity index (χ0) is 13.0. The zero-order valence-electron chi connectivity index (χ0n) is 10.9. The highest BCUT2D eigenvalue weighted by atomic mass is 15.2. The van der Waals surface area contributed by atoms with Crippen molar-refractivity contribution < 1.29 is 0 Å². The second-order valence-electron chi connectivity index (χ2n) is 4.58. The minimum absolute atomic E-state index is 0.0965. The van der Waals surface area contributed by atoms with E-state index < -0.39 is 0 Å². The lowest BCUT2D eigenvalue weighted by molar-refractivity contribution is 0.549. The summed E-state index contributed by atoms with van der Waals surface area (Å²) in [6.07, 6.45) is 2.76. The average Bonchev–Trinajstić information content (AvgIpc) is 2.39. The molecule has 3 nitrogen and oxygen atoms in total. The first-order valence-corrected chi connectivity index (χ1v) is 6.14. The molecule has 0 aliphatic rings. The normalized spacial score (nSPS) is 12.4. The molecule has 3 N–H and O–H groups in total. The molecule has 0 fully saturated rings. The second kappa shape index (κ2) is 5.76. The molecule has 0 amide bonds. The predicted molar refractivity (Wildman–Crippen MR) is 73.9 cm³/mol. The molecule has 0 aliphatic carbocycles. The van der Waals surface area contributed by atoms with Crippen molar-refractivity contribution in [2.45, 2.75) is 26.3 Å². The molecule has 0 spiro atoms. The van der Waals surface area contributed by atoms with Crippen LogP contribution in [0, 0.1) is 13.8 Å². The molecule has 0 saturated carbocycles. The minimum atomic E-state index is 0.0965. The van der Waals surface area contributed by atoms with Crippen molar-refractivity contribution in [3.05, 3.63) is 65.0 Å². The molecule has 0 bridgehead atoms. The molecule has 1 heterocycles. The summed E-state index contributed by atoms with van der Waals surface area (Å²) in [6, 6.07) is 12.6. The molecule has 1 aromatic heterocycles. The minimum Gasteiger partial charge on any atom is -0.271 e. The van der Waals surface area contributed by atoms with E-state index >= 15 is 0 Å². The van der Waals surface area contributed by atoms with Crippen molar-refractivity contribution in [3.63, 3.8) is 0 Å². The molecule has 2 aromatic rings. The molecule has 0 aliphatic heterocycles. The third-order valence-corrected chi connectivity index (χ3v) is 3.22. The molecular weight excluding hydrogens is 222 g/mol. The molecule has 1 unspecified atom stereocenters. The monoisotopic (exact) mass is 241 g/mol. The molecule has 1 atom stereocenters. The van der Waals surface area contributed by atoms with Crippen LogP contribution in [-0.2, 0) is 6.42 Å². The van der Waals surface area contributed by atoms with Gasteiger partial charge in [-0.25, -0.2) is 0 Å². The highest BCUT2D eigenvalue weighted by molar-refractivity contribution is 5.28. The molecule has 3 heteroatoms. The van der Waals surface area contributed by atoms with Gasteiger partial charge in [0.1, 0.15) is 0 Å². The average molecular weight is 241 g/mol. The molecule has 94 valence electrons. The van der Waals surface area contributed by atoms with Gasteiger partial charge < -0.3 is 0 Å². The number of pyridine rings is 1. The molecule has 2 rings (SSSR count). The van der Waals surface area contributed by atoms with Crippen LogP contribution in [0.5, 0.6) is 0 Å². The molecular formula is C15H19N3. The lowest BCUT2D eigenvalue weighted by Crippen LogP contribution is -2.29. The number of aryl methyl sites for hydroxylation is 2. The fourth-order valence-corrected chi connectivity index (χ4v) is 2.02. The smallest absolute Gasteiger partial charge is 0.0515 e.